The summed E-state index contributed by atoms with van der Waals surface area (Å²) < 4.78 is 41.1. The summed E-state index contributed by atoms with van der Waals surface area (Å²) in [6, 6.07) is 12.0. The summed E-state index contributed by atoms with van der Waals surface area (Å²) in [7, 11) is -3.93. The summed E-state index contributed by atoms with van der Waals surface area (Å²) in [4.78, 5) is 20.8. The van der Waals surface area contributed by atoms with Gasteiger partial charge in [0.05, 0.1) is 42.9 Å². The Kier molecular flexibility index (Phi) is 9.91. The first kappa shape index (κ1) is 36.3. The van der Waals surface area contributed by atoms with Crippen LogP contribution in [0.5, 0.6) is 5.75 Å². The molecule has 2 aromatic carbocycles. The van der Waals surface area contributed by atoms with Crippen LogP contribution >= 0.6 is 11.6 Å². The average molecular weight is 753 g/mol. The van der Waals surface area contributed by atoms with Crippen LogP contribution in [0.15, 0.2) is 48.6 Å². The molecule has 2 aliphatic carbocycles. The lowest BCUT2D eigenvalue weighted by atomic mass is 9.63. The third kappa shape index (κ3) is 7.13. The summed E-state index contributed by atoms with van der Waals surface area (Å²) >= 11 is 6.48. The molecule has 1 spiro atoms. The molecule has 10 nitrogen and oxygen atoms in total. The predicted molar refractivity (Wildman–Crippen MR) is 203 cm³/mol. The third-order valence-corrected chi connectivity index (χ3v) is 14.8. The number of carbonyl (C=O) groups excluding carboxylic acids is 1. The number of sulfonamides is 1. The van der Waals surface area contributed by atoms with Crippen molar-refractivity contribution in [3.05, 3.63) is 70.3 Å². The highest BCUT2D eigenvalue weighted by atomic mass is 35.5. The molecule has 2 N–H and O–H groups in total. The number of anilines is 1. The Hall–Kier alpha value is -2.67. The number of rotatable bonds is 3. The first-order valence-corrected chi connectivity index (χ1v) is 21.2. The molecule has 52 heavy (non-hydrogen) atoms. The third-order valence-electron chi connectivity index (χ3n) is 13.2. The molecule has 282 valence electrons. The van der Waals surface area contributed by atoms with Crippen LogP contribution in [0.4, 0.5) is 5.69 Å². The smallest absolute Gasteiger partial charge is 0.264 e. The zero-order valence-electron chi connectivity index (χ0n) is 30.4. The minimum atomic E-state index is -3.93. The standard InChI is InChI=1S/C40H53ClN4O6S/c1-27-11-13-40(47,25-43-14-16-44(17-15-43)33-21-50-22-33)35-8-5-31(35)20-45-24-39(12-3-4-29-18-32(41)7-9-34(29)39)26-51-37-10-6-30(19-36(37)45)38(46)42-52(48,49)23-28(27)2/h6-7,9-11,13,18-19,27-28,31,33,35,47H,3-5,8,12,14-17,20-26H2,1-2H3,(H,42,46)/b13-11-/t27-,28+,31-,35+,39-,40-/m0/s1. The van der Waals surface area contributed by atoms with E-state index in [0.717, 1.165) is 82.2 Å². The van der Waals surface area contributed by atoms with Crippen molar-refractivity contribution in [3.63, 3.8) is 0 Å². The molecule has 6 aliphatic rings. The number of β-amino-alcohol motifs (C(OH)–C–C–N with tert-alkyl or cyclic N) is 1. The van der Waals surface area contributed by atoms with Crippen molar-refractivity contribution in [2.24, 2.45) is 23.7 Å². The maximum atomic E-state index is 13.5. The highest BCUT2D eigenvalue weighted by Gasteiger charge is 2.49. The number of aliphatic hydroxyl groups is 1. The number of ether oxygens (including phenoxy) is 2. The summed E-state index contributed by atoms with van der Waals surface area (Å²) in [5.74, 6) is -0.332. The fourth-order valence-electron chi connectivity index (χ4n) is 9.60. The van der Waals surface area contributed by atoms with Gasteiger partial charge in [0, 0.05) is 61.8 Å². The topological polar surface area (TPSA) is 112 Å². The Balaban J connectivity index is 1.15. The highest BCUT2D eigenvalue weighted by Crippen LogP contribution is 2.48. The quantitative estimate of drug-likeness (QED) is 0.439. The number of nitrogens with one attached hydrogen (secondary N) is 1. The van der Waals surface area contributed by atoms with Crippen molar-refractivity contribution in [2.45, 2.75) is 63.0 Å². The second-order valence-corrected chi connectivity index (χ2v) is 18.8. The molecule has 1 amide bonds. The lowest BCUT2D eigenvalue weighted by Crippen LogP contribution is -2.60. The zero-order chi connectivity index (χ0) is 36.3. The van der Waals surface area contributed by atoms with Crippen LogP contribution in [-0.4, -0.2) is 112 Å². The molecule has 1 saturated carbocycles. The molecule has 0 radical (unpaired) electrons. The van der Waals surface area contributed by atoms with Crippen molar-refractivity contribution < 1.29 is 27.8 Å². The molecule has 6 atom stereocenters. The van der Waals surface area contributed by atoms with Gasteiger partial charge >= 0.3 is 0 Å². The van der Waals surface area contributed by atoms with Crippen LogP contribution in [-0.2, 0) is 26.6 Å². The molecule has 4 aliphatic heterocycles. The lowest BCUT2D eigenvalue weighted by molar-refractivity contribution is -0.0940. The summed E-state index contributed by atoms with van der Waals surface area (Å²) in [5, 5.41) is 13.6. The summed E-state index contributed by atoms with van der Waals surface area (Å²) in [6.45, 7) is 11.6. The van der Waals surface area contributed by atoms with Crippen molar-refractivity contribution >= 4 is 33.2 Å². The van der Waals surface area contributed by atoms with E-state index in [1.54, 1.807) is 12.1 Å². The SMILES string of the molecule is C[C@@H]1CS(=O)(=O)NC(=O)c2ccc3c(c2)N(C[C@@H]2CC[C@H]2[C@@](O)(CN2CCN(C4COC4)CC2)/C=C\[C@@H]1C)C[C@@]1(CCCc2cc(Cl)ccc21)CO3. The maximum Gasteiger partial charge on any atom is 0.264 e. The number of amides is 1. The van der Waals surface area contributed by atoms with Crippen molar-refractivity contribution in [3.8, 4) is 5.75 Å². The van der Waals surface area contributed by atoms with Gasteiger partial charge in [-0.1, -0.05) is 43.7 Å². The largest absolute Gasteiger partial charge is 0.490 e. The van der Waals surface area contributed by atoms with Crippen molar-refractivity contribution in [2.75, 3.05) is 76.3 Å². The van der Waals surface area contributed by atoms with Crippen molar-refractivity contribution in [1.29, 1.82) is 0 Å². The number of benzene rings is 2. The summed E-state index contributed by atoms with van der Waals surface area (Å²) in [6.07, 6.45) is 8.85. The molecule has 3 fully saturated rings. The van der Waals surface area contributed by atoms with Gasteiger partial charge in [-0.25, -0.2) is 13.1 Å². The second-order valence-electron chi connectivity index (χ2n) is 16.6. The Morgan fingerprint density at radius 3 is 2.60 bits per heavy atom. The molecule has 8 rings (SSSR count). The number of carbonyl (C=O) groups is 1. The van der Waals surface area contributed by atoms with Crippen LogP contribution in [0.2, 0.25) is 5.02 Å². The average Bonchev–Trinajstić information content (AvgIpc) is 3.21. The van der Waals surface area contributed by atoms with Crippen molar-refractivity contribution in [1.82, 2.24) is 14.5 Å². The van der Waals surface area contributed by atoms with Gasteiger partial charge < -0.3 is 19.5 Å². The van der Waals surface area contributed by atoms with Crippen LogP contribution in [0, 0.1) is 23.7 Å². The van der Waals surface area contributed by atoms with Gasteiger partial charge in [0.15, 0.2) is 0 Å². The van der Waals surface area contributed by atoms with E-state index in [1.807, 2.05) is 38.1 Å². The second kappa shape index (κ2) is 14.2. The van der Waals surface area contributed by atoms with Gasteiger partial charge in [-0.3, -0.25) is 14.6 Å². The molecular weight excluding hydrogens is 700 g/mol. The number of nitrogens with zero attached hydrogens (tertiary/aromatic N) is 3. The fourth-order valence-corrected chi connectivity index (χ4v) is 11.3. The van der Waals surface area contributed by atoms with E-state index in [2.05, 4.69) is 31.6 Å². The molecule has 2 saturated heterocycles. The minimum Gasteiger partial charge on any atom is -0.490 e. The van der Waals surface area contributed by atoms with Crippen LogP contribution in [0.1, 0.15) is 61.0 Å². The van der Waals surface area contributed by atoms with E-state index in [4.69, 9.17) is 21.1 Å². The Labute approximate surface area is 313 Å². The fraction of sp³-hybridized carbons (Fsp3) is 0.625. The molecule has 4 heterocycles. The molecule has 2 aromatic rings. The zero-order valence-corrected chi connectivity index (χ0v) is 32.0. The van der Waals surface area contributed by atoms with Gasteiger partial charge in [0.1, 0.15) is 5.75 Å². The Morgan fingerprint density at radius 1 is 1.06 bits per heavy atom. The number of piperazine rings is 1. The minimum absolute atomic E-state index is 0.0217. The van der Waals surface area contributed by atoms with Gasteiger partial charge in [-0.05, 0) is 97.2 Å². The lowest BCUT2D eigenvalue weighted by Gasteiger charge is -2.51. The molecular formula is C40H53ClN4O6S. The normalized spacial score (nSPS) is 34.8. The number of allylic oxidation sites excluding steroid dienone is 1. The van der Waals surface area contributed by atoms with E-state index in [-0.39, 0.29) is 40.4 Å². The Bertz CT molecular complexity index is 1810. The molecule has 2 bridgehead atoms. The van der Waals surface area contributed by atoms with E-state index < -0.39 is 21.5 Å². The molecule has 0 aromatic heterocycles. The predicted octanol–water partition coefficient (Wildman–Crippen LogP) is 4.49. The first-order chi connectivity index (χ1) is 24.9. The molecule has 12 heteroatoms. The highest BCUT2D eigenvalue weighted by molar-refractivity contribution is 7.90. The monoisotopic (exact) mass is 752 g/mol. The van der Waals surface area contributed by atoms with Gasteiger partial charge in [-0.15, -0.1) is 0 Å². The Morgan fingerprint density at radius 2 is 1.87 bits per heavy atom. The van der Waals surface area contributed by atoms with Gasteiger partial charge in [-0.2, -0.15) is 0 Å². The van der Waals surface area contributed by atoms with E-state index in [0.29, 0.717) is 38.0 Å². The van der Waals surface area contributed by atoms with E-state index >= 15 is 0 Å². The number of hydrogen-bond acceptors (Lipinski definition) is 9. The number of aryl methyl sites for hydroxylation is 1. The van der Waals surface area contributed by atoms with E-state index in [1.165, 1.54) is 11.1 Å². The number of fused-ring (bicyclic) bond motifs is 4. The maximum absolute atomic E-state index is 13.5. The van der Waals surface area contributed by atoms with Crippen LogP contribution in [0.3, 0.4) is 0 Å². The van der Waals surface area contributed by atoms with Crippen LogP contribution < -0.4 is 14.4 Å². The van der Waals surface area contributed by atoms with Gasteiger partial charge in [0.25, 0.3) is 5.91 Å². The van der Waals surface area contributed by atoms with Gasteiger partial charge in [0.2, 0.25) is 10.0 Å². The number of halogens is 1. The van der Waals surface area contributed by atoms with E-state index in [9.17, 15) is 18.3 Å². The van der Waals surface area contributed by atoms with Crippen LogP contribution in [0.25, 0.3) is 0 Å². The number of hydrogen-bond donors (Lipinski definition) is 2. The summed E-state index contributed by atoms with van der Waals surface area (Å²) in [5.41, 5.74) is 2.20. The first-order valence-electron chi connectivity index (χ1n) is 19.2. The molecule has 0 unspecified atom stereocenters.